The Morgan fingerprint density at radius 1 is 1.00 bits per heavy atom. The lowest BCUT2D eigenvalue weighted by molar-refractivity contribution is -0.132. The molecule has 1 aliphatic rings. The van der Waals surface area contributed by atoms with Crippen LogP contribution in [0.15, 0.2) is 52.7 Å². The second-order valence-electron chi connectivity index (χ2n) is 5.68. The van der Waals surface area contributed by atoms with E-state index in [0.29, 0.717) is 37.5 Å². The second-order valence-corrected chi connectivity index (χ2v) is 8.65. The molecule has 128 valence electrons. The van der Waals surface area contributed by atoms with Crippen molar-refractivity contribution in [2.75, 3.05) is 26.2 Å². The van der Waals surface area contributed by atoms with Crippen molar-refractivity contribution in [3.8, 4) is 0 Å². The fourth-order valence-corrected chi connectivity index (χ4v) is 4.91. The summed E-state index contributed by atoms with van der Waals surface area (Å²) in [4.78, 5) is 15.6. The molecular formula is C17H20N2O3S2. The van der Waals surface area contributed by atoms with Crippen molar-refractivity contribution in [1.82, 2.24) is 9.21 Å². The van der Waals surface area contributed by atoms with Crippen molar-refractivity contribution < 1.29 is 13.2 Å². The SMILES string of the molecule is O=C(CCc1cccs1)N1CCN(S(=O)(=O)c2ccccc2)CC1. The van der Waals surface area contributed by atoms with Crippen LogP contribution in [-0.2, 0) is 21.2 Å². The van der Waals surface area contributed by atoms with Crippen LogP contribution in [0.4, 0.5) is 0 Å². The molecule has 0 spiro atoms. The van der Waals surface area contributed by atoms with Gasteiger partial charge < -0.3 is 4.90 Å². The highest BCUT2D eigenvalue weighted by atomic mass is 32.2. The maximum absolute atomic E-state index is 12.6. The highest BCUT2D eigenvalue weighted by Gasteiger charge is 2.29. The Hall–Kier alpha value is -1.70. The topological polar surface area (TPSA) is 57.7 Å². The number of piperazine rings is 1. The summed E-state index contributed by atoms with van der Waals surface area (Å²) in [7, 11) is -3.46. The first kappa shape index (κ1) is 17.1. The summed E-state index contributed by atoms with van der Waals surface area (Å²) < 4.78 is 26.6. The molecule has 2 aromatic rings. The average Bonchev–Trinajstić information content (AvgIpc) is 3.14. The minimum atomic E-state index is -3.46. The van der Waals surface area contributed by atoms with Gasteiger partial charge in [0.2, 0.25) is 15.9 Å². The summed E-state index contributed by atoms with van der Waals surface area (Å²) in [5.74, 6) is 0.0974. The zero-order chi connectivity index (χ0) is 17.0. The predicted molar refractivity (Wildman–Crippen MR) is 94.4 cm³/mol. The van der Waals surface area contributed by atoms with Crippen molar-refractivity contribution in [2.45, 2.75) is 17.7 Å². The number of aryl methyl sites for hydroxylation is 1. The summed E-state index contributed by atoms with van der Waals surface area (Å²) in [5, 5.41) is 2.01. The quantitative estimate of drug-likeness (QED) is 0.817. The van der Waals surface area contributed by atoms with E-state index in [4.69, 9.17) is 0 Å². The molecule has 3 rings (SSSR count). The van der Waals surface area contributed by atoms with Crippen LogP contribution in [-0.4, -0.2) is 49.7 Å². The highest BCUT2D eigenvalue weighted by molar-refractivity contribution is 7.89. The molecule has 0 atom stereocenters. The van der Waals surface area contributed by atoms with E-state index in [1.807, 2.05) is 17.5 Å². The molecule has 0 saturated carbocycles. The van der Waals surface area contributed by atoms with Crippen molar-refractivity contribution in [2.24, 2.45) is 0 Å². The standard InChI is InChI=1S/C17H20N2O3S2/c20-17(9-8-15-5-4-14-23-15)18-10-12-19(13-11-18)24(21,22)16-6-2-1-3-7-16/h1-7,14H,8-13H2. The first-order chi connectivity index (χ1) is 11.6. The molecular weight excluding hydrogens is 344 g/mol. The van der Waals surface area contributed by atoms with Gasteiger partial charge in [-0.05, 0) is 30.0 Å². The van der Waals surface area contributed by atoms with Gasteiger partial charge in [-0.3, -0.25) is 4.79 Å². The van der Waals surface area contributed by atoms with Gasteiger partial charge >= 0.3 is 0 Å². The molecule has 1 aromatic carbocycles. The molecule has 1 aromatic heterocycles. The molecule has 5 nitrogen and oxygen atoms in total. The van der Waals surface area contributed by atoms with E-state index in [1.54, 1.807) is 46.6 Å². The Labute approximate surface area is 146 Å². The van der Waals surface area contributed by atoms with Crippen LogP contribution < -0.4 is 0 Å². The summed E-state index contributed by atoms with van der Waals surface area (Å²) >= 11 is 1.65. The fraction of sp³-hybridized carbons (Fsp3) is 0.353. The zero-order valence-corrected chi connectivity index (χ0v) is 14.9. The van der Waals surface area contributed by atoms with Gasteiger partial charge in [0.15, 0.2) is 0 Å². The summed E-state index contributed by atoms with van der Waals surface area (Å²) in [6, 6.07) is 12.5. The van der Waals surface area contributed by atoms with E-state index >= 15 is 0 Å². The lowest BCUT2D eigenvalue weighted by atomic mass is 10.2. The Morgan fingerprint density at radius 3 is 2.33 bits per heavy atom. The number of amides is 1. The molecule has 0 bridgehead atoms. The molecule has 1 amide bonds. The number of carbonyl (C=O) groups is 1. The number of hydrogen-bond acceptors (Lipinski definition) is 4. The van der Waals surface area contributed by atoms with Gasteiger partial charge in [0.25, 0.3) is 0 Å². The molecule has 7 heteroatoms. The van der Waals surface area contributed by atoms with Crippen molar-refractivity contribution in [3.05, 3.63) is 52.7 Å². The van der Waals surface area contributed by atoms with Gasteiger partial charge in [-0.15, -0.1) is 11.3 Å². The van der Waals surface area contributed by atoms with E-state index in [1.165, 1.54) is 9.18 Å². The summed E-state index contributed by atoms with van der Waals surface area (Å²) in [5.41, 5.74) is 0. The van der Waals surface area contributed by atoms with Crippen molar-refractivity contribution >= 4 is 27.3 Å². The predicted octanol–water partition coefficient (Wildman–Crippen LogP) is 2.21. The summed E-state index contributed by atoms with van der Waals surface area (Å²) in [6.45, 7) is 1.61. The lowest BCUT2D eigenvalue weighted by Gasteiger charge is -2.34. The number of hydrogen-bond donors (Lipinski definition) is 0. The molecule has 0 radical (unpaired) electrons. The molecule has 0 N–H and O–H groups in total. The maximum Gasteiger partial charge on any atom is 0.243 e. The zero-order valence-electron chi connectivity index (χ0n) is 13.3. The Kier molecular flexibility index (Phi) is 5.33. The van der Waals surface area contributed by atoms with Crippen LogP contribution >= 0.6 is 11.3 Å². The molecule has 2 heterocycles. The summed E-state index contributed by atoms with van der Waals surface area (Å²) in [6.07, 6.45) is 1.23. The minimum Gasteiger partial charge on any atom is -0.340 e. The normalized spacial score (nSPS) is 16.2. The van der Waals surface area contributed by atoms with Crippen LogP contribution in [0.2, 0.25) is 0 Å². The third-order valence-electron chi connectivity index (χ3n) is 4.14. The van der Waals surface area contributed by atoms with Crippen molar-refractivity contribution in [3.63, 3.8) is 0 Å². The van der Waals surface area contributed by atoms with Gasteiger partial charge in [0.05, 0.1) is 4.90 Å². The third-order valence-corrected chi connectivity index (χ3v) is 6.99. The highest BCUT2D eigenvalue weighted by Crippen LogP contribution is 2.18. The van der Waals surface area contributed by atoms with Gasteiger partial charge in [-0.25, -0.2) is 8.42 Å². The Balaban J connectivity index is 1.54. The number of nitrogens with zero attached hydrogens (tertiary/aromatic N) is 2. The van der Waals surface area contributed by atoms with E-state index < -0.39 is 10.0 Å². The Bertz CT molecular complexity index is 765. The first-order valence-corrected chi connectivity index (χ1v) is 10.2. The van der Waals surface area contributed by atoms with E-state index in [0.717, 1.165) is 6.42 Å². The number of sulfonamides is 1. The van der Waals surface area contributed by atoms with Gasteiger partial charge in [-0.2, -0.15) is 4.31 Å². The van der Waals surface area contributed by atoms with Crippen LogP contribution in [0, 0.1) is 0 Å². The van der Waals surface area contributed by atoms with E-state index in [9.17, 15) is 13.2 Å². The Morgan fingerprint density at radius 2 is 1.71 bits per heavy atom. The van der Waals surface area contributed by atoms with E-state index in [-0.39, 0.29) is 5.91 Å². The molecule has 1 saturated heterocycles. The van der Waals surface area contributed by atoms with Crippen LogP contribution in [0.1, 0.15) is 11.3 Å². The number of thiophene rings is 1. The number of carbonyl (C=O) groups excluding carboxylic acids is 1. The minimum absolute atomic E-state index is 0.0974. The maximum atomic E-state index is 12.6. The van der Waals surface area contributed by atoms with Gasteiger partial charge in [0, 0.05) is 37.5 Å². The average molecular weight is 364 g/mol. The molecule has 1 fully saturated rings. The van der Waals surface area contributed by atoms with Crippen LogP contribution in [0.25, 0.3) is 0 Å². The van der Waals surface area contributed by atoms with Crippen molar-refractivity contribution in [1.29, 1.82) is 0 Å². The smallest absolute Gasteiger partial charge is 0.243 e. The molecule has 24 heavy (non-hydrogen) atoms. The lowest BCUT2D eigenvalue weighted by Crippen LogP contribution is -2.50. The number of rotatable bonds is 5. The van der Waals surface area contributed by atoms with Crippen LogP contribution in [0.3, 0.4) is 0 Å². The van der Waals surface area contributed by atoms with Gasteiger partial charge in [0.1, 0.15) is 0 Å². The second kappa shape index (κ2) is 7.46. The van der Waals surface area contributed by atoms with E-state index in [2.05, 4.69) is 0 Å². The molecule has 1 aliphatic heterocycles. The largest absolute Gasteiger partial charge is 0.340 e. The van der Waals surface area contributed by atoms with Gasteiger partial charge in [-0.1, -0.05) is 24.3 Å². The van der Waals surface area contributed by atoms with Crippen LogP contribution in [0.5, 0.6) is 0 Å². The first-order valence-electron chi connectivity index (χ1n) is 7.93. The molecule has 0 unspecified atom stereocenters. The number of benzene rings is 1. The monoisotopic (exact) mass is 364 g/mol. The third kappa shape index (κ3) is 3.85. The fourth-order valence-electron chi connectivity index (χ4n) is 2.76. The molecule has 0 aliphatic carbocycles.